The number of carbonyl (C=O) groups excluding carboxylic acids is 4. The lowest BCUT2D eigenvalue weighted by Crippen LogP contribution is -2.52. The van der Waals surface area contributed by atoms with Crippen LogP contribution in [0.15, 0.2) is 60.9 Å². The van der Waals surface area contributed by atoms with Crippen LogP contribution in [0.5, 0.6) is 0 Å². The summed E-state index contributed by atoms with van der Waals surface area (Å²) in [5.41, 5.74) is 5.85. The second-order valence-corrected chi connectivity index (χ2v) is 16.4. The van der Waals surface area contributed by atoms with Crippen LogP contribution in [0.4, 0.5) is 9.59 Å². The summed E-state index contributed by atoms with van der Waals surface area (Å²) >= 11 is 0. The summed E-state index contributed by atoms with van der Waals surface area (Å²) in [5, 5.41) is 5.47. The van der Waals surface area contributed by atoms with Gasteiger partial charge >= 0.3 is 12.2 Å². The summed E-state index contributed by atoms with van der Waals surface area (Å²) in [6.07, 6.45) is 6.06. The first-order valence-electron chi connectivity index (χ1n) is 19.6. The molecule has 2 saturated heterocycles. The van der Waals surface area contributed by atoms with Gasteiger partial charge in [0.15, 0.2) is 0 Å². The van der Waals surface area contributed by atoms with Crippen molar-refractivity contribution in [1.82, 2.24) is 40.4 Å². The highest BCUT2D eigenvalue weighted by Gasteiger charge is 2.57. The molecule has 8 rings (SSSR count). The van der Waals surface area contributed by atoms with Crippen molar-refractivity contribution in [1.29, 1.82) is 0 Å². The lowest BCUT2D eigenvalue weighted by Gasteiger charge is -2.31. The number of nitrogens with one attached hydrogen (secondary N) is 4. The maximum absolute atomic E-state index is 13.8. The van der Waals surface area contributed by atoms with Gasteiger partial charge in [0.25, 0.3) is 0 Å². The van der Waals surface area contributed by atoms with E-state index in [-0.39, 0.29) is 47.8 Å². The van der Waals surface area contributed by atoms with Gasteiger partial charge in [0.05, 0.1) is 50.1 Å². The van der Waals surface area contributed by atoms with Crippen molar-refractivity contribution in [2.75, 3.05) is 14.2 Å². The van der Waals surface area contributed by atoms with E-state index in [0.29, 0.717) is 11.8 Å². The number of likely N-dealkylation sites (tertiary alicyclic amines) is 2. The molecular weight excluding hydrogens is 713 g/mol. The highest BCUT2D eigenvalue weighted by atomic mass is 16.5. The third-order valence-corrected chi connectivity index (χ3v) is 12.0. The zero-order valence-electron chi connectivity index (χ0n) is 32.6. The fourth-order valence-corrected chi connectivity index (χ4v) is 8.74. The van der Waals surface area contributed by atoms with Crippen molar-refractivity contribution in [3.63, 3.8) is 0 Å². The minimum atomic E-state index is -0.676. The van der Waals surface area contributed by atoms with E-state index in [4.69, 9.17) is 19.4 Å². The largest absolute Gasteiger partial charge is 0.453 e. The number of aromatic amines is 2. The number of aromatic nitrogens is 4. The summed E-state index contributed by atoms with van der Waals surface area (Å²) < 4.78 is 9.58. The van der Waals surface area contributed by atoms with Crippen molar-refractivity contribution in [2.24, 2.45) is 23.7 Å². The maximum Gasteiger partial charge on any atom is 0.407 e. The van der Waals surface area contributed by atoms with E-state index in [1.165, 1.54) is 14.2 Å². The van der Waals surface area contributed by atoms with Crippen LogP contribution in [0, 0.1) is 23.7 Å². The first-order valence-corrected chi connectivity index (χ1v) is 19.6. The predicted molar refractivity (Wildman–Crippen MR) is 208 cm³/mol. The number of piperidine rings is 2. The second-order valence-electron chi connectivity index (χ2n) is 16.4. The van der Waals surface area contributed by atoms with Crippen molar-refractivity contribution in [3.05, 3.63) is 72.6 Å². The van der Waals surface area contributed by atoms with Crippen LogP contribution in [0.2, 0.25) is 0 Å². The SMILES string of the molecule is COC(=O)N[C@H](C(=O)N1[C@H](c2ncc(-c3ccc(-c4ccc(-c5cnc([C@@H]6C[C@@H]7C[C@@H]7N6C(=O)[C@@H](NC(=O)OC)C(C)C)[nH]5)cc4)cc3)[nH]2)C[C@@H]2C[C@@H]21)C(C)C. The molecule has 0 spiro atoms. The average molecular weight is 763 g/mol. The molecular formula is C42H50N8O6. The minimum absolute atomic E-state index is 0.0971. The van der Waals surface area contributed by atoms with E-state index >= 15 is 0 Å². The van der Waals surface area contributed by atoms with E-state index < -0.39 is 24.3 Å². The lowest BCUT2D eigenvalue weighted by molar-refractivity contribution is -0.137. The number of hydrogen-bond donors (Lipinski definition) is 4. The van der Waals surface area contributed by atoms with Crippen LogP contribution in [0.3, 0.4) is 0 Å². The Balaban J connectivity index is 0.931. The van der Waals surface area contributed by atoms with Crippen molar-refractivity contribution in [2.45, 2.75) is 89.6 Å². The summed E-state index contributed by atoms with van der Waals surface area (Å²) in [6, 6.07) is 15.2. The predicted octanol–water partition coefficient (Wildman–Crippen LogP) is 6.22. The number of methoxy groups -OCH3 is 2. The van der Waals surface area contributed by atoms with E-state index in [1.807, 2.05) is 49.9 Å². The number of rotatable bonds is 11. The second kappa shape index (κ2) is 14.8. The van der Waals surface area contributed by atoms with Gasteiger partial charge in [0.2, 0.25) is 11.8 Å². The molecule has 2 aromatic heterocycles. The number of ether oxygens (including phenoxy) is 2. The summed E-state index contributed by atoms with van der Waals surface area (Å²) in [4.78, 5) is 71.9. The van der Waals surface area contributed by atoms with Gasteiger partial charge in [-0.2, -0.15) is 0 Å². The monoisotopic (exact) mass is 762 g/mol. The number of benzene rings is 2. The molecule has 4 fully saturated rings. The van der Waals surface area contributed by atoms with E-state index in [1.54, 1.807) is 0 Å². The topological polar surface area (TPSA) is 175 Å². The lowest BCUT2D eigenvalue weighted by atomic mass is 10.0. The Morgan fingerprint density at radius 1 is 0.607 bits per heavy atom. The number of amides is 4. The Labute approximate surface area is 326 Å². The van der Waals surface area contributed by atoms with Crippen molar-refractivity contribution >= 4 is 24.0 Å². The minimum Gasteiger partial charge on any atom is -0.453 e. The summed E-state index contributed by atoms with van der Waals surface area (Å²) in [6.45, 7) is 7.67. The molecule has 4 amide bonds. The molecule has 0 radical (unpaired) electrons. The molecule has 0 bridgehead atoms. The van der Waals surface area contributed by atoms with Gasteiger partial charge in [-0.25, -0.2) is 19.6 Å². The fourth-order valence-electron chi connectivity index (χ4n) is 8.74. The standard InChI is InChI=1S/C42H50N8O6/c1-21(2)35(47-41(53)55-5)39(51)49-31-15-27(31)17-33(49)37-43-19-29(45-37)25-11-7-23(8-12-25)24-9-13-26(14-10-24)30-20-44-38(46-30)34-18-28-16-32(28)50(34)40(52)36(22(3)4)48-42(54)56-6/h7-14,19-22,27-28,31-36H,15-18H2,1-6H3,(H,43,45)(H,44,46)(H,47,53)(H,48,54)/t27-,28-,31-,32-,33-,34-,35-,36-/m0/s1. The number of hydrogen-bond acceptors (Lipinski definition) is 8. The first kappa shape index (κ1) is 37.3. The number of H-pyrrole nitrogens is 2. The quantitative estimate of drug-likeness (QED) is 0.139. The van der Waals surface area contributed by atoms with Crippen LogP contribution >= 0.6 is 0 Å². The molecule has 4 heterocycles. The number of imidazole rings is 2. The molecule has 14 nitrogen and oxygen atoms in total. The molecule has 4 aromatic rings. The number of nitrogens with zero attached hydrogens (tertiary/aromatic N) is 4. The molecule has 294 valence electrons. The van der Waals surface area contributed by atoms with E-state index in [0.717, 1.165) is 71.0 Å². The number of carbonyl (C=O) groups is 4. The van der Waals surface area contributed by atoms with Crippen molar-refractivity contribution < 1.29 is 28.7 Å². The van der Waals surface area contributed by atoms with Crippen LogP contribution in [-0.2, 0) is 19.1 Å². The van der Waals surface area contributed by atoms with Crippen LogP contribution in [0.1, 0.15) is 77.1 Å². The molecule has 0 unspecified atom stereocenters. The van der Waals surface area contributed by atoms with Crippen LogP contribution < -0.4 is 10.6 Å². The summed E-state index contributed by atoms with van der Waals surface area (Å²) in [5.74, 6) is 2.01. The molecule has 4 N–H and O–H groups in total. The van der Waals surface area contributed by atoms with Gasteiger partial charge in [-0.05, 0) is 71.6 Å². The van der Waals surface area contributed by atoms with Gasteiger partial charge < -0.3 is 39.9 Å². The molecule has 8 atom stereocenters. The molecule has 56 heavy (non-hydrogen) atoms. The van der Waals surface area contributed by atoms with E-state index in [2.05, 4.69) is 69.1 Å². The van der Waals surface area contributed by atoms with Gasteiger partial charge in [0.1, 0.15) is 23.7 Å². The normalized spacial score (nSPS) is 24.4. The first-order chi connectivity index (χ1) is 26.9. The maximum atomic E-state index is 13.8. The highest BCUT2D eigenvalue weighted by molar-refractivity contribution is 5.88. The Hall–Kier alpha value is -5.66. The Kier molecular flexibility index (Phi) is 9.83. The van der Waals surface area contributed by atoms with Gasteiger partial charge in [-0.1, -0.05) is 76.2 Å². The average Bonchev–Trinajstić information content (AvgIpc) is 3.79. The number of alkyl carbamates (subject to hydrolysis) is 2. The van der Waals surface area contributed by atoms with Gasteiger partial charge in [0, 0.05) is 12.1 Å². The Morgan fingerprint density at radius 2 is 0.964 bits per heavy atom. The van der Waals surface area contributed by atoms with Crippen LogP contribution in [-0.4, -0.2) is 92.1 Å². The van der Waals surface area contributed by atoms with Gasteiger partial charge in [-0.3, -0.25) is 9.59 Å². The van der Waals surface area contributed by atoms with Crippen LogP contribution in [0.25, 0.3) is 33.6 Å². The van der Waals surface area contributed by atoms with Gasteiger partial charge in [-0.15, -0.1) is 0 Å². The molecule has 2 aliphatic heterocycles. The molecule has 2 aromatic carbocycles. The molecule has 2 aliphatic carbocycles. The summed E-state index contributed by atoms with van der Waals surface area (Å²) in [7, 11) is 2.60. The fraction of sp³-hybridized carbons (Fsp3) is 0.476. The molecule has 4 aliphatic rings. The molecule has 14 heteroatoms. The third kappa shape index (κ3) is 7.01. The Morgan fingerprint density at radius 3 is 1.30 bits per heavy atom. The third-order valence-electron chi connectivity index (χ3n) is 12.0. The van der Waals surface area contributed by atoms with Crippen molar-refractivity contribution in [3.8, 4) is 33.6 Å². The molecule has 2 saturated carbocycles. The van der Waals surface area contributed by atoms with E-state index in [9.17, 15) is 19.2 Å². The zero-order valence-corrected chi connectivity index (χ0v) is 32.6. The highest BCUT2D eigenvalue weighted by Crippen LogP contribution is 2.54. The Bertz CT molecular complexity index is 1960. The zero-order chi connectivity index (χ0) is 39.4. The number of fused-ring (bicyclic) bond motifs is 2. The smallest absolute Gasteiger partial charge is 0.407 e.